The van der Waals surface area contributed by atoms with E-state index < -0.39 is 0 Å². The molecule has 0 aliphatic carbocycles. The van der Waals surface area contributed by atoms with Crippen LogP contribution in [-0.4, -0.2) is 46.2 Å². The molecule has 0 atom stereocenters. The molecule has 0 bridgehead atoms. The molecule has 22 heavy (non-hydrogen) atoms. The highest BCUT2D eigenvalue weighted by atomic mass is 16.5. The van der Waals surface area contributed by atoms with Gasteiger partial charge in [0.1, 0.15) is 0 Å². The molecule has 1 heterocycles. The quantitative estimate of drug-likeness (QED) is 0.746. The lowest BCUT2D eigenvalue weighted by molar-refractivity contribution is 0.0533. The van der Waals surface area contributed by atoms with E-state index in [-0.39, 0.29) is 5.54 Å². The van der Waals surface area contributed by atoms with E-state index in [0.29, 0.717) is 13.2 Å². The Morgan fingerprint density at radius 1 is 1.14 bits per heavy atom. The standard InChI is InChI=1S/C17H27NO4/c1-19-8-3-9-22-16-12-14(4-5-15(16)20-2)13-17(18)6-10-21-11-7-17/h4-5,12H,3,6-11,13,18H2,1-2H3. The molecule has 1 aromatic carbocycles. The summed E-state index contributed by atoms with van der Waals surface area (Å²) in [6.07, 6.45) is 3.46. The van der Waals surface area contributed by atoms with E-state index >= 15 is 0 Å². The summed E-state index contributed by atoms with van der Waals surface area (Å²) in [4.78, 5) is 0. The van der Waals surface area contributed by atoms with Gasteiger partial charge in [-0.2, -0.15) is 0 Å². The van der Waals surface area contributed by atoms with Crippen molar-refractivity contribution in [1.82, 2.24) is 0 Å². The highest BCUT2D eigenvalue weighted by molar-refractivity contribution is 5.43. The number of nitrogens with two attached hydrogens (primary N) is 1. The Hall–Kier alpha value is -1.30. The molecule has 1 aliphatic rings. The second kappa shape index (κ2) is 8.36. The lowest BCUT2D eigenvalue weighted by Crippen LogP contribution is -2.46. The minimum Gasteiger partial charge on any atom is -0.493 e. The van der Waals surface area contributed by atoms with Crippen LogP contribution >= 0.6 is 0 Å². The van der Waals surface area contributed by atoms with Crippen LogP contribution in [0.3, 0.4) is 0 Å². The van der Waals surface area contributed by atoms with Gasteiger partial charge in [-0.1, -0.05) is 6.07 Å². The van der Waals surface area contributed by atoms with Crippen molar-refractivity contribution in [3.8, 4) is 11.5 Å². The van der Waals surface area contributed by atoms with E-state index in [0.717, 1.165) is 50.4 Å². The number of hydrogen-bond acceptors (Lipinski definition) is 5. The van der Waals surface area contributed by atoms with Crippen LogP contribution < -0.4 is 15.2 Å². The van der Waals surface area contributed by atoms with Crippen molar-refractivity contribution in [3.63, 3.8) is 0 Å². The zero-order valence-corrected chi connectivity index (χ0v) is 13.6. The van der Waals surface area contributed by atoms with Crippen molar-refractivity contribution in [1.29, 1.82) is 0 Å². The summed E-state index contributed by atoms with van der Waals surface area (Å²) in [5.74, 6) is 1.52. The van der Waals surface area contributed by atoms with Crippen LogP contribution in [-0.2, 0) is 15.9 Å². The molecular weight excluding hydrogens is 282 g/mol. The second-order valence-corrected chi connectivity index (χ2v) is 5.83. The Balaban J connectivity index is 2.02. The average Bonchev–Trinajstić information content (AvgIpc) is 2.52. The molecule has 1 fully saturated rings. The summed E-state index contributed by atoms with van der Waals surface area (Å²) in [7, 11) is 3.34. The maximum atomic E-state index is 6.48. The van der Waals surface area contributed by atoms with Gasteiger partial charge in [-0.25, -0.2) is 0 Å². The molecule has 1 saturated heterocycles. The van der Waals surface area contributed by atoms with E-state index in [4.69, 9.17) is 24.7 Å². The Kier molecular flexibility index (Phi) is 6.49. The fraction of sp³-hybridized carbons (Fsp3) is 0.647. The molecule has 2 rings (SSSR count). The van der Waals surface area contributed by atoms with E-state index in [2.05, 4.69) is 6.07 Å². The van der Waals surface area contributed by atoms with Crippen LogP contribution in [0.4, 0.5) is 0 Å². The zero-order chi connectivity index (χ0) is 15.8. The van der Waals surface area contributed by atoms with Crippen molar-refractivity contribution in [2.24, 2.45) is 5.73 Å². The van der Waals surface area contributed by atoms with Crippen molar-refractivity contribution >= 4 is 0 Å². The SMILES string of the molecule is COCCCOc1cc(CC2(N)CCOCC2)ccc1OC. The van der Waals surface area contributed by atoms with Gasteiger partial charge in [-0.05, 0) is 37.0 Å². The van der Waals surface area contributed by atoms with Gasteiger partial charge in [0, 0.05) is 38.9 Å². The summed E-state index contributed by atoms with van der Waals surface area (Å²) in [5, 5.41) is 0. The van der Waals surface area contributed by atoms with Crippen LogP contribution in [0.15, 0.2) is 18.2 Å². The predicted molar refractivity (Wildman–Crippen MR) is 85.7 cm³/mol. The first-order valence-corrected chi connectivity index (χ1v) is 7.82. The molecule has 0 saturated carbocycles. The normalized spacial score (nSPS) is 17.2. The van der Waals surface area contributed by atoms with Crippen molar-refractivity contribution in [2.75, 3.05) is 40.6 Å². The molecule has 2 N–H and O–H groups in total. The third kappa shape index (κ3) is 4.87. The molecule has 5 heteroatoms. The Morgan fingerprint density at radius 2 is 1.91 bits per heavy atom. The summed E-state index contributed by atoms with van der Waals surface area (Å²) in [5.41, 5.74) is 7.48. The summed E-state index contributed by atoms with van der Waals surface area (Å²) in [6.45, 7) is 2.78. The molecule has 0 spiro atoms. The van der Waals surface area contributed by atoms with Crippen molar-refractivity contribution in [2.45, 2.75) is 31.2 Å². The van der Waals surface area contributed by atoms with Crippen molar-refractivity contribution < 1.29 is 18.9 Å². The highest BCUT2D eigenvalue weighted by Crippen LogP contribution is 2.31. The lowest BCUT2D eigenvalue weighted by atomic mass is 9.85. The molecule has 1 aliphatic heterocycles. The summed E-state index contributed by atoms with van der Waals surface area (Å²) < 4.78 is 21.6. The van der Waals surface area contributed by atoms with Crippen LogP contribution in [0, 0.1) is 0 Å². The Morgan fingerprint density at radius 3 is 2.59 bits per heavy atom. The number of benzene rings is 1. The number of methoxy groups -OCH3 is 2. The van der Waals surface area contributed by atoms with Gasteiger partial charge in [0.05, 0.1) is 13.7 Å². The second-order valence-electron chi connectivity index (χ2n) is 5.83. The molecule has 124 valence electrons. The van der Waals surface area contributed by atoms with Crippen LogP contribution in [0.1, 0.15) is 24.8 Å². The van der Waals surface area contributed by atoms with Gasteiger partial charge in [-0.15, -0.1) is 0 Å². The first kappa shape index (κ1) is 17.1. The van der Waals surface area contributed by atoms with Gasteiger partial charge in [0.2, 0.25) is 0 Å². The Labute approximate surface area is 132 Å². The van der Waals surface area contributed by atoms with Gasteiger partial charge in [-0.3, -0.25) is 0 Å². The summed E-state index contributed by atoms with van der Waals surface area (Å²) in [6, 6.07) is 6.05. The fourth-order valence-corrected chi connectivity index (χ4v) is 2.69. The minimum atomic E-state index is -0.180. The van der Waals surface area contributed by atoms with Gasteiger partial charge in [0.25, 0.3) is 0 Å². The van der Waals surface area contributed by atoms with E-state index in [9.17, 15) is 0 Å². The number of ether oxygens (including phenoxy) is 4. The first-order valence-electron chi connectivity index (χ1n) is 7.82. The van der Waals surface area contributed by atoms with Crippen LogP contribution in [0.5, 0.6) is 11.5 Å². The van der Waals surface area contributed by atoms with Crippen LogP contribution in [0.25, 0.3) is 0 Å². The maximum Gasteiger partial charge on any atom is 0.161 e. The number of rotatable bonds is 8. The third-order valence-corrected chi connectivity index (χ3v) is 4.02. The monoisotopic (exact) mass is 309 g/mol. The van der Waals surface area contributed by atoms with Gasteiger partial charge >= 0.3 is 0 Å². The maximum absolute atomic E-state index is 6.48. The lowest BCUT2D eigenvalue weighted by Gasteiger charge is -2.33. The molecule has 0 amide bonds. The molecule has 1 aromatic rings. The third-order valence-electron chi connectivity index (χ3n) is 4.02. The molecule has 5 nitrogen and oxygen atoms in total. The topological polar surface area (TPSA) is 62.9 Å². The zero-order valence-electron chi connectivity index (χ0n) is 13.6. The molecular formula is C17H27NO4. The molecule has 0 aromatic heterocycles. The predicted octanol–water partition coefficient (Wildman–Crippen LogP) is 2.16. The van der Waals surface area contributed by atoms with E-state index in [1.165, 1.54) is 5.56 Å². The highest BCUT2D eigenvalue weighted by Gasteiger charge is 2.28. The minimum absolute atomic E-state index is 0.180. The van der Waals surface area contributed by atoms with Crippen LogP contribution in [0.2, 0.25) is 0 Å². The summed E-state index contributed by atoms with van der Waals surface area (Å²) >= 11 is 0. The largest absolute Gasteiger partial charge is 0.493 e. The smallest absolute Gasteiger partial charge is 0.161 e. The van der Waals surface area contributed by atoms with Gasteiger partial charge in [0.15, 0.2) is 11.5 Å². The van der Waals surface area contributed by atoms with E-state index in [1.54, 1.807) is 14.2 Å². The van der Waals surface area contributed by atoms with Crippen molar-refractivity contribution in [3.05, 3.63) is 23.8 Å². The van der Waals surface area contributed by atoms with E-state index in [1.807, 2.05) is 12.1 Å². The first-order chi connectivity index (χ1) is 10.7. The fourth-order valence-electron chi connectivity index (χ4n) is 2.69. The average molecular weight is 309 g/mol. The molecule has 0 radical (unpaired) electrons. The molecule has 0 unspecified atom stereocenters. The number of hydrogen-bond donors (Lipinski definition) is 1. The Bertz CT molecular complexity index is 458. The van der Waals surface area contributed by atoms with Gasteiger partial charge < -0.3 is 24.7 Å².